The summed E-state index contributed by atoms with van der Waals surface area (Å²) < 4.78 is 0.688. The Morgan fingerprint density at radius 2 is 2.58 bits per heavy atom. The van der Waals surface area contributed by atoms with Gasteiger partial charge in [-0.2, -0.15) is 0 Å². The van der Waals surface area contributed by atoms with Crippen molar-refractivity contribution in [1.82, 2.24) is 5.32 Å². The highest BCUT2D eigenvalue weighted by molar-refractivity contribution is 8.19. The van der Waals surface area contributed by atoms with Crippen LogP contribution in [0.1, 0.15) is 13.3 Å². The van der Waals surface area contributed by atoms with Crippen LogP contribution in [-0.2, 0) is 0 Å². The van der Waals surface area contributed by atoms with E-state index in [0.29, 0.717) is 4.58 Å². The van der Waals surface area contributed by atoms with E-state index in [-0.39, 0.29) is 0 Å². The molecule has 12 heavy (non-hydrogen) atoms. The van der Waals surface area contributed by atoms with Crippen LogP contribution >= 0.6 is 23.5 Å². The summed E-state index contributed by atoms with van der Waals surface area (Å²) in [5, 5.41) is 5.68. The summed E-state index contributed by atoms with van der Waals surface area (Å²) in [5.41, 5.74) is 3.00. The fraction of sp³-hybridized carbons (Fsp3) is 0.556. The van der Waals surface area contributed by atoms with Crippen LogP contribution in [0.5, 0.6) is 0 Å². The Hall–Kier alpha value is -0.0200. The largest absolute Gasteiger partial charge is 0.388 e. The molecule has 0 saturated heterocycles. The van der Waals surface area contributed by atoms with Gasteiger partial charge in [-0.25, -0.2) is 0 Å². The van der Waals surface area contributed by atoms with Crippen LogP contribution in [0.15, 0.2) is 22.8 Å². The third kappa shape index (κ3) is 1.52. The minimum atomic E-state index is 0.688. The molecule has 2 rings (SSSR count). The third-order valence-corrected chi connectivity index (χ3v) is 4.60. The predicted molar refractivity (Wildman–Crippen MR) is 58.3 cm³/mol. The van der Waals surface area contributed by atoms with Gasteiger partial charge in [-0.1, -0.05) is 0 Å². The summed E-state index contributed by atoms with van der Waals surface area (Å²) in [4.78, 5) is 0. The number of nitrogens with one attached hydrogen (secondary N) is 1. The lowest BCUT2D eigenvalue weighted by Gasteiger charge is -2.22. The van der Waals surface area contributed by atoms with Crippen molar-refractivity contribution in [3.63, 3.8) is 0 Å². The van der Waals surface area contributed by atoms with Gasteiger partial charge in [-0.3, -0.25) is 0 Å². The molecule has 2 aliphatic heterocycles. The molecule has 2 aliphatic rings. The van der Waals surface area contributed by atoms with Crippen molar-refractivity contribution >= 4 is 23.5 Å². The summed E-state index contributed by atoms with van der Waals surface area (Å²) in [7, 11) is 0. The second-order valence-electron chi connectivity index (χ2n) is 2.86. The fourth-order valence-electron chi connectivity index (χ4n) is 1.52. The Morgan fingerprint density at radius 3 is 3.42 bits per heavy atom. The normalized spacial score (nSPS) is 27.6. The molecule has 0 amide bonds. The first-order chi connectivity index (χ1) is 5.92. The zero-order chi connectivity index (χ0) is 8.39. The fourth-order valence-corrected chi connectivity index (χ4v) is 3.99. The van der Waals surface area contributed by atoms with E-state index in [1.54, 1.807) is 0 Å². The molecule has 66 valence electrons. The Morgan fingerprint density at radius 1 is 1.67 bits per heavy atom. The minimum Gasteiger partial charge on any atom is -0.388 e. The summed E-state index contributed by atoms with van der Waals surface area (Å²) in [6.45, 7) is 3.21. The highest BCUT2D eigenvalue weighted by atomic mass is 32.2. The average molecular weight is 199 g/mol. The maximum Gasteiger partial charge on any atom is 0.0809 e. The maximum absolute atomic E-state index is 3.46. The van der Waals surface area contributed by atoms with Gasteiger partial charge in [0, 0.05) is 18.0 Å². The molecule has 3 heteroatoms. The number of hydrogen-bond donors (Lipinski definition) is 1. The highest BCUT2D eigenvalue weighted by Crippen LogP contribution is 2.42. The van der Waals surface area contributed by atoms with E-state index >= 15 is 0 Å². The molecule has 1 nitrogen and oxygen atoms in total. The monoisotopic (exact) mass is 199 g/mol. The summed E-state index contributed by atoms with van der Waals surface area (Å²) in [6, 6.07) is 0. The van der Waals surface area contributed by atoms with Crippen LogP contribution in [0.3, 0.4) is 0 Å². The number of thioether (sulfide) groups is 2. The third-order valence-electron chi connectivity index (χ3n) is 2.06. The highest BCUT2D eigenvalue weighted by Gasteiger charge is 2.24. The molecule has 0 radical (unpaired) electrons. The predicted octanol–water partition coefficient (Wildman–Crippen LogP) is 2.57. The van der Waals surface area contributed by atoms with Crippen molar-refractivity contribution in [2.24, 2.45) is 0 Å². The number of hydrogen-bond acceptors (Lipinski definition) is 3. The molecule has 1 N–H and O–H groups in total. The van der Waals surface area contributed by atoms with Gasteiger partial charge in [0.05, 0.1) is 4.58 Å². The van der Waals surface area contributed by atoms with Crippen molar-refractivity contribution < 1.29 is 0 Å². The quantitative estimate of drug-likeness (QED) is 0.734. The minimum absolute atomic E-state index is 0.688. The molecule has 0 spiro atoms. The van der Waals surface area contributed by atoms with Gasteiger partial charge in [0.2, 0.25) is 0 Å². The van der Waals surface area contributed by atoms with E-state index in [0.717, 1.165) is 6.54 Å². The lowest BCUT2D eigenvalue weighted by molar-refractivity contribution is 0.793. The van der Waals surface area contributed by atoms with Crippen LogP contribution in [0.25, 0.3) is 0 Å². The molecule has 0 bridgehead atoms. The molecule has 0 aromatic rings. The number of fused-ring (bicyclic) bond motifs is 1. The average Bonchev–Trinajstić information content (AvgIpc) is 2.53. The molecular weight excluding hydrogens is 186 g/mol. The Bertz CT molecular complexity index is 233. The molecular formula is C9H13NS2. The Kier molecular flexibility index (Phi) is 2.71. The Balaban J connectivity index is 2.19. The van der Waals surface area contributed by atoms with Crippen LogP contribution < -0.4 is 5.32 Å². The first kappa shape index (κ1) is 8.57. The van der Waals surface area contributed by atoms with Gasteiger partial charge in [0.1, 0.15) is 0 Å². The molecule has 0 saturated carbocycles. The molecule has 1 unspecified atom stereocenters. The zero-order valence-corrected chi connectivity index (χ0v) is 8.80. The van der Waals surface area contributed by atoms with E-state index in [2.05, 4.69) is 35.5 Å². The number of allylic oxidation sites excluding steroid dienone is 2. The summed E-state index contributed by atoms with van der Waals surface area (Å²) >= 11 is 4.01. The molecule has 0 aromatic heterocycles. The summed E-state index contributed by atoms with van der Waals surface area (Å²) in [5.74, 6) is 1.27. The van der Waals surface area contributed by atoms with Gasteiger partial charge in [-0.15, -0.1) is 23.5 Å². The van der Waals surface area contributed by atoms with Crippen LogP contribution in [0.4, 0.5) is 0 Å². The second kappa shape index (κ2) is 3.79. The van der Waals surface area contributed by atoms with Crippen molar-refractivity contribution in [2.45, 2.75) is 17.9 Å². The van der Waals surface area contributed by atoms with Gasteiger partial charge in [-0.05, 0) is 30.4 Å². The lowest BCUT2D eigenvalue weighted by atomic mass is 10.2. The van der Waals surface area contributed by atoms with E-state index in [1.165, 1.54) is 23.4 Å². The van der Waals surface area contributed by atoms with Gasteiger partial charge in [0.15, 0.2) is 0 Å². The van der Waals surface area contributed by atoms with E-state index in [4.69, 9.17) is 0 Å². The van der Waals surface area contributed by atoms with Crippen LogP contribution in [-0.4, -0.2) is 16.9 Å². The smallest absolute Gasteiger partial charge is 0.0809 e. The van der Waals surface area contributed by atoms with Gasteiger partial charge < -0.3 is 5.32 Å². The molecule has 2 heterocycles. The van der Waals surface area contributed by atoms with Crippen LogP contribution in [0, 0.1) is 0 Å². The molecule has 1 atom stereocenters. The van der Waals surface area contributed by atoms with E-state index < -0.39 is 0 Å². The SMILES string of the molecule is CCNC1=C2C=CSC2SCC1. The molecule has 0 aromatic carbocycles. The van der Waals surface area contributed by atoms with Crippen LogP contribution in [0.2, 0.25) is 0 Å². The van der Waals surface area contributed by atoms with Gasteiger partial charge >= 0.3 is 0 Å². The van der Waals surface area contributed by atoms with Crippen molar-refractivity contribution in [3.05, 3.63) is 22.8 Å². The maximum atomic E-state index is 3.46. The standard InChI is InChI=1S/C9H13NS2/c1-2-10-8-4-6-12-9-7(8)3-5-11-9/h3,5,9-10H,2,4,6H2,1H3. The Labute approximate surface area is 82.1 Å². The first-order valence-corrected chi connectivity index (χ1v) is 6.31. The van der Waals surface area contributed by atoms with Gasteiger partial charge in [0.25, 0.3) is 0 Å². The summed E-state index contributed by atoms with van der Waals surface area (Å²) in [6.07, 6.45) is 3.48. The molecule has 0 fully saturated rings. The molecule has 0 aliphatic carbocycles. The zero-order valence-electron chi connectivity index (χ0n) is 7.17. The number of rotatable bonds is 2. The second-order valence-corrected chi connectivity index (χ2v) is 5.38. The van der Waals surface area contributed by atoms with E-state index in [1.807, 2.05) is 11.8 Å². The van der Waals surface area contributed by atoms with Crippen molar-refractivity contribution in [1.29, 1.82) is 0 Å². The first-order valence-electron chi connectivity index (χ1n) is 4.32. The van der Waals surface area contributed by atoms with E-state index in [9.17, 15) is 0 Å². The van der Waals surface area contributed by atoms with Crippen molar-refractivity contribution in [3.8, 4) is 0 Å². The van der Waals surface area contributed by atoms with Crippen molar-refractivity contribution in [2.75, 3.05) is 12.3 Å². The lowest BCUT2D eigenvalue weighted by Crippen LogP contribution is -2.20. The topological polar surface area (TPSA) is 12.0 Å².